The van der Waals surface area contributed by atoms with Crippen molar-refractivity contribution in [2.45, 2.75) is 75.7 Å². The normalized spacial score (nSPS) is 31.1. The molecule has 6 rings (SSSR count). The summed E-state index contributed by atoms with van der Waals surface area (Å²) in [6, 6.07) is 1.95. The van der Waals surface area contributed by atoms with E-state index in [2.05, 4.69) is 6.92 Å². The fourth-order valence-corrected chi connectivity index (χ4v) is 5.77. The van der Waals surface area contributed by atoms with Gasteiger partial charge in [-0.05, 0) is 75.3 Å². The second-order valence-corrected chi connectivity index (χ2v) is 9.30. The number of carbonyl (C=O) groups excluding carboxylic acids is 1. The van der Waals surface area contributed by atoms with E-state index in [1.54, 1.807) is 0 Å². The Labute approximate surface area is 167 Å². The molecule has 2 bridgehead atoms. The summed E-state index contributed by atoms with van der Waals surface area (Å²) in [5.41, 5.74) is 3.30. The van der Waals surface area contributed by atoms with Gasteiger partial charge in [0.2, 0.25) is 5.91 Å². The minimum atomic E-state index is -0.309. The number of aromatic hydroxyl groups is 1. The molecule has 1 unspecified atom stereocenters. The minimum Gasteiger partial charge on any atom is -0.508 e. The summed E-state index contributed by atoms with van der Waals surface area (Å²) in [5, 5.41) is 10.7. The van der Waals surface area contributed by atoms with Crippen LogP contribution in [0.4, 0.5) is 0 Å². The Kier molecular flexibility index (Phi) is 4.53. The zero-order valence-electron chi connectivity index (χ0n) is 16.8. The molecule has 3 aliphatic carbocycles. The highest BCUT2D eigenvalue weighted by atomic mass is 16.5. The maximum absolute atomic E-state index is 12.6. The Balaban J connectivity index is 1.36. The Morgan fingerprint density at radius 2 is 1.86 bits per heavy atom. The summed E-state index contributed by atoms with van der Waals surface area (Å²) in [4.78, 5) is 14.5. The van der Waals surface area contributed by atoms with Crippen molar-refractivity contribution < 1.29 is 19.4 Å². The maximum atomic E-state index is 12.6. The summed E-state index contributed by atoms with van der Waals surface area (Å²) >= 11 is 0. The molecule has 1 aromatic rings. The quantitative estimate of drug-likeness (QED) is 0.858. The van der Waals surface area contributed by atoms with Crippen molar-refractivity contribution in [1.29, 1.82) is 0 Å². The largest absolute Gasteiger partial charge is 0.508 e. The number of morpholine rings is 1. The molecule has 5 aliphatic rings. The number of hydrogen-bond donors (Lipinski definition) is 1. The molecule has 1 atom stereocenters. The molecule has 28 heavy (non-hydrogen) atoms. The minimum absolute atomic E-state index is 0.214. The Bertz CT molecular complexity index is 777. The first-order valence-corrected chi connectivity index (χ1v) is 11.0. The highest BCUT2D eigenvalue weighted by Gasteiger charge is 2.42. The molecule has 1 amide bonds. The average Bonchev–Trinajstić information content (AvgIpc) is 2.74. The lowest BCUT2D eigenvalue weighted by atomic mass is 9.65. The predicted molar refractivity (Wildman–Crippen MR) is 106 cm³/mol. The van der Waals surface area contributed by atoms with Gasteiger partial charge in [-0.25, -0.2) is 0 Å². The SMILES string of the molecule is CC1(CCC(=O)N2CCOCC2)CCc2cc(O)c3c(c2O1)C1CCC3CC1. The third kappa shape index (κ3) is 3.08. The topological polar surface area (TPSA) is 59.0 Å². The van der Waals surface area contributed by atoms with E-state index in [9.17, 15) is 9.90 Å². The first kappa shape index (κ1) is 18.3. The van der Waals surface area contributed by atoms with Crippen LogP contribution in [0.2, 0.25) is 0 Å². The zero-order valence-corrected chi connectivity index (χ0v) is 16.8. The molecular weight excluding hydrogens is 354 g/mol. The molecule has 5 nitrogen and oxygen atoms in total. The smallest absolute Gasteiger partial charge is 0.222 e. The van der Waals surface area contributed by atoms with Crippen LogP contribution in [-0.2, 0) is 16.0 Å². The highest BCUT2D eigenvalue weighted by molar-refractivity contribution is 5.76. The number of hydrogen-bond acceptors (Lipinski definition) is 4. The van der Waals surface area contributed by atoms with Gasteiger partial charge in [-0.2, -0.15) is 0 Å². The fourth-order valence-electron chi connectivity index (χ4n) is 5.77. The van der Waals surface area contributed by atoms with Crippen molar-refractivity contribution in [1.82, 2.24) is 4.90 Å². The number of aryl methyl sites for hydroxylation is 1. The van der Waals surface area contributed by atoms with E-state index < -0.39 is 0 Å². The Morgan fingerprint density at radius 1 is 1.18 bits per heavy atom. The number of fused-ring (bicyclic) bond motifs is 3. The number of phenols is 1. The van der Waals surface area contributed by atoms with Crippen molar-refractivity contribution >= 4 is 5.91 Å². The van der Waals surface area contributed by atoms with Crippen LogP contribution in [0.1, 0.15) is 80.4 Å². The van der Waals surface area contributed by atoms with Crippen LogP contribution in [0.25, 0.3) is 0 Å². The van der Waals surface area contributed by atoms with Gasteiger partial charge in [0, 0.05) is 30.6 Å². The van der Waals surface area contributed by atoms with Gasteiger partial charge in [0.1, 0.15) is 17.1 Å². The summed E-state index contributed by atoms with van der Waals surface area (Å²) in [7, 11) is 0. The van der Waals surface area contributed by atoms with E-state index in [4.69, 9.17) is 9.47 Å². The van der Waals surface area contributed by atoms with Crippen LogP contribution in [-0.4, -0.2) is 47.8 Å². The van der Waals surface area contributed by atoms with Gasteiger partial charge in [0.15, 0.2) is 0 Å². The number of benzene rings is 1. The molecule has 2 fully saturated rings. The van der Waals surface area contributed by atoms with Crippen LogP contribution in [0.15, 0.2) is 6.07 Å². The first-order valence-electron chi connectivity index (χ1n) is 11.0. The van der Waals surface area contributed by atoms with Gasteiger partial charge >= 0.3 is 0 Å². The van der Waals surface area contributed by atoms with E-state index in [0.29, 0.717) is 50.3 Å². The second-order valence-electron chi connectivity index (χ2n) is 9.30. The average molecular weight is 386 g/mol. The van der Waals surface area contributed by atoms with Crippen LogP contribution in [0.5, 0.6) is 11.5 Å². The van der Waals surface area contributed by atoms with E-state index in [-0.39, 0.29) is 11.5 Å². The maximum Gasteiger partial charge on any atom is 0.222 e. The first-order chi connectivity index (χ1) is 13.5. The van der Waals surface area contributed by atoms with Crippen LogP contribution in [0.3, 0.4) is 0 Å². The van der Waals surface area contributed by atoms with Crippen molar-refractivity contribution in [2.75, 3.05) is 26.3 Å². The molecule has 0 aromatic heterocycles. The van der Waals surface area contributed by atoms with Crippen molar-refractivity contribution in [3.63, 3.8) is 0 Å². The van der Waals surface area contributed by atoms with Gasteiger partial charge in [-0.1, -0.05) is 0 Å². The molecule has 1 saturated carbocycles. The molecule has 1 aromatic carbocycles. The molecular formula is C23H31NO4. The predicted octanol–water partition coefficient (Wildman–Crippen LogP) is 3.87. The zero-order chi connectivity index (χ0) is 19.3. The fraction of sp³-hybridized carbons (Fsp3) is 0.696. The molecule has 1 N–H and O–H groups in total. The van der Waals surface area contributed by atoms with Crippen molar-refractivity contribution in [2.24, 2.45) is 0 Å². The number of ether oxygens (including phenoxy) is 2. The molecule has 1 saturated heterocycles. The van der Waals surface area contributed by atoms with Gasteiger partial charge < -0.3 is 19.5 Å². The number of amides is 1. The highest BCUT2D eigenvalue weighted by Crippen LogP contribution is 2.57. The molecule has 2 aliphatic heterocycles. The van der Waals surface area contributed by atoms with Crippen LogP contribution < -0.4 is 4.74 Å². The lowest BCUT2D eigenvalue weighted by molar-refractivity contribution is -0.136. The van der Waals surface area contributed by atoms with Crippen LogP contribution >= 0.6 is 0 Å². The van der Waals surface area contributed by atoms with Crippen molar-refractivity contribution in [3.8, 4) is 11.5 Å². The molecule has 5 heteroatoms. The third-order valence-electron chi connectivity index (χ3n) is 7.46. The van der Waals surface area contributed by atoms with E-state index in [1.165, 1.54) is 31.2 Å². The van der Waals surface area contributed by atoms with Crippen LogP contribution in [0, 0.1) is 0 Å². The monoisotopic (exact) mass is 385 g/mol. The van der Waals surface area contributed by atoms with E-state index in [0.717, 1.165) is 36.1 Å². The van der Waals surface area contributed by atoms with Gasteiger partial charge in [0.05, 0.1) is 13.2 Å². The van der Waals surface area contributed by atoms with Crippen molar-refractivity contribution in [3.05, 3.63) is 22.8 Å². The second kappa shape index (κ2) is 6.94. The summed E-state index contributed by atoms with van der Waals surface area (Å²) in [6.45, 7) is 4.85. The van der Waals surface area contributed by atoms with E-state index in [1.807, 2.05) is 11.0 Å². The van der Waals surface area contributed by atoms with E-state index >= 15 is 0 Å². The number of nitrogens with zero attached hydrogens (tertiary/aromatic N) is 1. The Morgan fingerprint density at radius 3 is 2.57 bits per heavy atom. The standard InChI is InChI=1S/C23H31NO4/c1-23(9-7-19(26)24-10-12-27-13-11-24)8-6-17-14-18(25)20-15-2-4-16(5-3-15)21(20)22(17)28-23/h14-16,25H,2-13H2,1H3. The molecule has 152 valence electrons. The summed E-state index contributed by atoms with van der Waals surface area (Å²) in [6.07, 6.45) is 7.88. The third-order valence-corrected chi connectivity index (χ3v) is 7.46. The van der Waals surface area contributed by atoms with Gasteiger partial charge in [-0.15, -0.1) is 0 Å². The summed E-state index contributed by atoms with van der Waals surface area (Å²) < 4.78 is 12.0. The molecule has 0 radical (unpaired) electrons. The number of phenolic OH excluding ortho intramolecular Hbond substituents is 1. The lowest BCUT2D eigenvalue weighted by Gasteiger charge is -2.44. The Hall–Kier alpha value is -1.75. The number of carbonyl (C=O) groups is 1. The van der Waals surface area contributed by atoms with Gasteiger partial charge in [-0.3, -0.25) is 4.79 Å². The summed E-state index contributed by atoms with van der Waals surface area (Å²) in [5.74, 6) is 2.75. The van der Waals surface area contributed by atoms with Gasteiger partial charge in [0.25, 0.3) is 0 Å². The molecule has 2 heterocycles. The molecule has 0 spiro atoms. The number of rotatable bonds is 3. The lowest BCUT2D eigenvalue weighted by Crippen LogP contribution is -2.43.